The molecule has 61 heavy (non-hydrogen) atoms. The maximum absolute atomic E-state index is 12.6. The summed E-state index contributed by atoms with van der Waals surface area (Å²) in [7, 11) is -9.71. The molecule has 0 aromatic carbocycles. The number of aliphatic hydroxyl groups is 1. The van der Waals surface area contributed by atoms with Crippen LogP contribution in [0.15, 0.2) is 85.1 Å². The predicted octanol–water partition coefficient (Wildman–Crippen LogP) is 11.6. The van der Waals surface area contributed by atoms with Gasteiger partial charge in [0.15, 0.2) is 6.10 Å². The topological polar surface area (TPSA) is 195 Å². The van der Waals surface area contributed by atoms with E-state index in [9.17, 15) is 28.7 Å². The van der Waals surface area contributed by atoms with Crippen LogP contribution < -0.4 is 0 Å². The van der Waals surface area contributed by atoms with E-state index in [-0.39, 0.29) is 12.8 Å². The monoisotopic (exact) mass is 900 g/mol. The van der Waals surface area contributed by atoms with Gasteiger partial charge in [-0.15, -0.1) is 0 Å². The highest BCUT2D eigenvalue weighted by Crippen LogP contribution is 2.43. The molecule has 0 saturated heterocycles. The van der Waals surface area contributed by atoms with Crippen molar-refractivity contribution in [2.24, 2.45) is 0 Å². The molecule has 0 fully saturated rings. The van der Waals surface area contributed by atoms with E-state index in [1.807, 2.05) is 18.2 Å². The molecule has 0 rings (SSSR count). The zero-order chi connectivity index (χ0) is 45.1. The Hall–Kier alpha value is -2.70. The van der Waals surface area contributed by atoms with Gasteiger partial charge in [-0.3, -0.25) is 23.2 Å². The second kappa shape index (κ2) is 41.3. The molecule has 1 unspecified atom stereocenters. The van der Waals surface area contributed by atoms with Crippen LogP contribution in [0.5, 0.6) is 0 Å². The molecule has 0 saturated carbocycles. The van der Waals surface area contributed by atoms with Gasteiger partial charge in [-0.2, -0.15) is 0 Å². The molecular weight excluding hydrogens is 822 g/mol. The van der Waals surface area contributed by atoms with Crippen molar-refractivity contribution in [1.29, 1.82) is 0 Å². The molecule has 0 aliphatic carbocycles. The molecular formula is C46H78O13P2. The van der Waals surface area contributed by atoms with Crippen LogP contribution in [0.2, 0.25) is 0 Å². The number of phosphoric ester groups is 2. The number of hydrogen-bond donors (Lipinski definition) is 4. The normalized spacial score (nSPS) is 14.8. The summed E-state index contributed by atoms with van der Waals surface area (Å²) >= 11 is 0. The Morgan fingerprint density at radius 3 is 1.46 bits per heavy atom. The average Bonchev–Trinajstić information content (AvgIpc) is 3.22. The van der Waals surface area contributed by atoms with Crippen molar-refractivity contribution in [2.45, 2.75) is 167 Å². The summed E-state index contributed by atoms with van der Waals surface area (Å²) in [5.41, 5.74) is 0. The number of aliphatic hydroxyl groups excluding tert-OH is 1. The third-order valence-electron chi connectivity index (χ3n) is 8.77. The third kappa shape index (κ3) is 45.1. The van der Waals surface area contributed by atoms with Gasteiger partial charge in [0.1, 0.15) is 12.7 Å². The first-order chi connectivity index (χ1) is 29.4. The zero-order valence-corrected chi connectivity index (χ0v) is 38.8. The number of esters is 2. The Kier molecular flexibility index (Phi) is 39.5. The van der Waals surface area contributed by atoms with Gasteiger partial charge in [-0.1, -0.05) is 150 Å². The number of hydrogen-bond acceptors (Lipinski definition) is 10. The lowest BCUT2D eigenvalue weighted by molar-refractivity contribution is -0.161. The third-order valence-corrected chi connectivity index (χ3v) is 10.2. The molecule has 15 heteroatoms. The van der Waals surface area contributed by atoms with Crippen LogP contribution in [-0.4, -0.2) is 70.4 Å². The first-order valence-corrected chi connectivity index (χ1v) is 25.3. The molecule has 0 aliphatic rings. The molecule has 0 aliphatic heterocycles. The van der Waals surface area contributed by atoms with Crippen LogP contribution in [-0.2, 0) is 41.8 Å². The lowest BCUT2D eigenvalue weighted by atomic mass is 10.1. The van der Waals surface area contributed by atoms with Gasteiger partial charge in [0.05, 0.1) is 19.8 Å². The molecule has 0 amide bonds. The molecule has 0 heterocycles. The minimum Gasteiger partial charge on any atom is -0.462 e. The van der Waals surface area contributed by atoms with Crippen LogP contribution >= 0.6 is 15.6 Å². The summed E-state index contributed by atoms with van der Waals surface area (Å²) in [5, 5.41) is 9.75. The van der Waals surface area contributed by atoms with Crippen molar-refractivity contribution in [3.8, 4) is 0 Å². The number of ether oxygens (including phenoxy) is 2. The van der Waals surface area contributed by atoms with E-state index < -0.39 is 66.2 Å². The van der Waals surface area contributed by atoms with Crippen LogP contribution in [0.3, 0.4) is 0 Å². The Balaban J connectivity index is 4.66. The van der Waals surface area contributed by atoms with Crippen LogP contribution in [0.1, 0.15) is 155 Å². The molecule has 350 valence electrons. The average molecular weight is 901 g/mol. The van der Waals surface area contributed by atoms with Crippen molar-refractivity contribution >= 4 is 27.6 Å². The SMILES string of the molecule is CC/C=C\C/C=C\C/C=C\C/C=C\C/C=C\C/C=C\CCC(=O)O[C@H](COC(=O)CCCCCCC/C=C\CCCCCCCC)COP(=O)(O)OC[C@@H](O)COP(=O)(O)O. The van der Waals surface area contributed by atoms with Gasteiger partial charge in [-0.05, 0) is 77.0 Å². The van der Waals surface area contributed by atoms with Crippen LogP contribution in [0, 0.1) is 0 Å². The van der Waals surface area contributed by atoms with Crippen molar-refractivity contribution in [1.82, 2.24) is 0 Å². The summed E-state index contributed by atoms with van der Waals surface area (Å²) < 4.78 is 47.7. The standard InChI is InChI=1S/C46H78O13P2/c1-3-5-7-9-11-13-15-17-19-20-21-22-24-26-28-30-32-34-36-38-46(49)59-44(42-58-61(53,54)57-40-43(47)39-56-60(50,51)52)41-55-45(48)37-35-33-31-29-27-25-23-18-16-14-12-10-8-6-4-2/h5,7,11,13,17-19,21-23,26,28,32,34,43-44,47H,3-4,6,8-10,12,14-16,20,24-25,27,29-31,33,35-42H2,1-2H3,(H,53,54)(H2,50,51,52)/b7-5-,13-11-,19-17-,22-21-,23-18-,28-26-,34-32-/t43-,44+/m0/s1. The van der Waals surface area contributed by atoms with E-state index in [0.29, 0.717) is 19.3 Å². The van der Waals surface area contributed by atoms with Gasteiger partial charge >= 0.3 is 27.6 Å². The maximum Gasteiger partial charge on any atom is 0.472 e. The first-order valence-electron chi connectivity index (χ1n) is 22.3. The number of allylic oxidation sites excluding steroid dienone is 14. The van der Waals surface area contributed by atoms with Gasteiger partial charge in [0.2, 0.25) is 0 Å². The summed E-state index contributed by atoms with van der Waals surface area (Å²) in [6.45, 7) is 1.54. The lowest BCUT2D eigenvalue weighted by Crippen LogP contribution is -2.29. The molecule has 0 bridgehead atoms. The largest absolute Gasteiger partial charge is 0.472 e. The lowest BCUT2D eigenvalue weighted by Gasteiger charge is -2.20. The molecule has 13 nitrogen and oxygen atoms in total. The Labute approximate surface area is 367 Å². The molecule has 4 N–H and O–H groups in total. The van der Waals surface area contributed by atoms with Gasteiger partial charge in [-0.25, -0.2) is 9.13 Å². The predicted molar refractivity (Wildman–Crippen MR) is 243 cm³/mol. The second-order valence-electron chi connectivity index (χ2n) is 14.6. The molecule has 3 atom stereocenters. The van der Waals surface area contributed by atoms with E-state index in [1.54, 1.807) is 0 Å². The summed E-state index contributed by atoms with van der Waals surface area (Å²) in [6.07, 6.45) is 47.3. The van der Waals surface area contributed by atoms with E-state index in [2.05, 4.69) is 89.7 Å². The van der Waals surface area contributed by atoms with Crippen molar-refractivity contribution in [3.63, 3.8) is 0 Å². The molecule has 0 spiro atoms. The molecule has 0 radical (unpaired) electrons. The van der Waals surface area contributed by atoms with E-state index in [4.69, 9.17) is 23.8 Å². The summed E-state index contributed by atoms with van der Waals surface area (Å²) in [6, 6.07) is 0. The highest BCUT2D eigenvalue weighted by Gasteiger charge is 2.28. The fraction of sp³-hybridized carbons (Fsp3) is 0.652. The van der Waals surface area contributed by atoms with E-state index in [0.717, 1.165) is 70.6 Å². The van der Waals surface area contributed by atoms with E-state index >= 15 is 0 Å². The summed E-state index contributed by atoms with van der Waals surface area (Å²) in [5.74, 6) is -1.15. The van der Waals surface area contributed by atoms with Gasteiger partial charge in [0, 0.05) is 12.8 Å². The second-order valence-corrected chi connectivity index (χ2v) is 17.3. The van der Waals surface area contributed by atoms with Crippen LogP contribution in [0.4, 0.5) is 0 Å². The number of rotatable bonds is 41. The van der Waals surface area contributed by atoms with Gasteiger partial charge < -0.3 is 29.3 Å². The highest BCUT2D eigenvalue weighted by atomic mass is 31.2. The number of phosphoric acid groups is 2. The quantitative estimate of drug-likeness (QED) is 0.0196. The highest BCUT2D eigenvalue weighted by molar-refractivity contribution is 7.47. The number of carbonyl (C=O) groups excluding carboxylic acids is 2. The van der Waals surface area contributed by atoms with Crippen molar-refractivity contribution in [2.75, 3.05) is 26.4 Å². The molecule has 0 aromatic heterocycles. The van der Waals surface area contributed by atoms with Crippen molar-refractivity contribution in [3.05, 3.63) is 85.1 Å². The van der Waals surface area contributed by atoms with Gasteiger partial charge in [0.25, 0.3) is 0 Å². The zero-order valence-electron chi connectivity index (χ0n) is 37.0. The fourth-order valence-electron chi connectivity index (χ4n) is 5.43. The number of unbranched alkanes of at least 4 members (excludes halogenated alkanes) is 11. The minimum absolute atomic E-state index is 0.000573. The van der Waals surface area contributed by atoms with Crippen LogP contribution in [0.25, 0.3) is 0 Å². The molecule has 0 aromatic rings. The minimum atomic E-state index is -4.87. The van der Waals surface area contributed by atoms with Crippen molar-refractivity contribution < 1.29 is 61.6 Å². The number of carbonyl (C=O) groups is 2. The Bertz CT molecular complexity index is 1400. The fourth-order valence-corrected chi connectivity index (χ4v) is 6.58. The first kappa shape index (κ1) is 58.3. The smallest absolute Gasteiger partial charge is 0.462 e. The summed E-state index contributed by atoms with van der Waals surface area (Å²) in [4.78, 5) is 52.7. The Morgan fingerprint density at radius 2 is 0.934 bits per heavy atom. The Morgan fingerprint density at radius 1 is 0.492 bits per heavy atom. The maximum atomic E-state index is 12.6. The van der Waals surface area contributed by atoms with E-state index in [1.165, 1.54) is 38.5 Å².